The van der Waals surface area contributed by atoms with E-state index in [-0.39, 0.29) is 6.10 Å². The van der Waals surface area contributed by atoms with Crippen LogP contribution in [-0.4, -0.2) is 7.05 Å². The van der Waals surface area contributed by atoms with Crippen LogP contribution >= 0.6 is 27.3 Å². The molecule has 2 aromatic rings. The van der Waals surface area contributed by atoms with Crippen molar-refractivity contribution in [3.8, 4) is 5.75 Å². The average molecular weight is 324 g/mol. The van der Waals surface area contributed by atoms with Gasteiger partial charge in [-0.25, -0.2) is 0 Å². The molecule has 0 amide bonds. The maximum absolute atomic E-state index is 6.11. The van der Waals surface area contributed by atoms with Gasteiger partial charge in [0.25, 0.3) is 0 Å². The van der Waals surface area contributed by atoms with Gasteiger partial charge in [0, 0.05) is 22.9 Å². The molecular formula is C14H14BrNOS. The molecule has 2 atom stereocenters. The number of hydrogen-bond acceptors (Lipinski definition) is 3. The first-order valence-electron chi connectivity index (χ1n) is 5.96. The number of fused-ring (bicyclic) bond motifs is 1. The molecule has 2 unspecified atom stereocenters. The summed E-state index contributed by atoms with van der Waals surface area (Å²) in [5.41, 5.74) is 1.26. The molecule has 1 aromatic heterocycles. The average Bonchev–Trinajstić information content (AvgIpc) is 2.84. The van der Waals surface area contributed by atoms with E-state index < -0.39 is 0 Å². The Labute approximate surface area is 119 Å². The summed E-state index contributed by atoms with van der Waals surface area (Å²) in [5.74, 6) is 0.998. The van der Waals surface area contributed by atoms with Crippen LogP contribution in [-0.2, 0) is 0 Å². The first-order chi connectivity index (χ1) is 8.78. The molecule has 2 nitrogen and oxygen atoms in total. The summed E-state index contributed by atoms with van der Waals surface area (Å²) in [4.78, 5) is 1.27. The second kappa shape index (κ2) is 5.03. The van der Waals surface area contributed by atoms with Crippen LogP contribution in [0.15, 0.2) is 40.2 Å². The minimum atomic E-state index is 0.147. The number of nitrogens with one attached hydrogen (secondary N) is 1. The van der Waals surface area contributed by atoms with Crippen LogP contribution in [0.25, 0.3) is 0 Å². The zero-order chi connectivity index (χ0) is 12.5. The predicted octanol–water partition coefficient (Wildman–Crippen LogP) is 4.29. The van der Waals surface area contributed by atoms with Crippen LogP contribution in [0, 0.1) is 0 Å². The van der Waals surface area contributed by atoms with Gasteiger partial charge in [0.1, 0.15) is 11.9 Å². The molecular weight excluding hydrogens is 310 g/mol. The molecule has 0 saturated heterocycles. The highest BCUT2D eigenvalue weighted by Crippen LogP contribution is 2.42. The lowest BCUT2D eigenvalue weighted by atomic mass is 9.96. The van der Waals surface area contributed by atoms with Gasteiger partial charge < -0.3 is 10.1 Å². The van der Waals surface area contributed by atoms with E-state index in [0.717, 1.165) is 16.0 Å². The van der Waals surface area contributed by atoms with Crippen LogP contribution in [0.1, 0.15) is 29.0 Å². The number of halogens is 1. The Balaban J connectivity index is 1.94. The fraction of sp³-hybridized carbons (Fsp3) is 0.286. The van der Waals surface area contributed by atoms with Crippen molar-refractivity contribution in [2.45, 2.75) is 18.6 Å². The first-order valence-corrected chi connectivity index (χ1v) is 7.57. The number of benzene rings is 1. The number of thiophene rings is 1. The Morgan fingerprint density at radius 2 is 2.11 bits per heavy atom. The summed E-state index contributed by atoms with van der Waals surface area (Å²) in [7, 11) is 2.01. The van der Waals surface area contributed by atoms with Gasteiger partial charge in [-0.2, -0.15) is 0 Å². The Morgan fingerprint density at radius 3 is 2.83 bits per heavy atom. The Bertz CT molecular complexity index is 554. The SMILES string of the molecule is CNC1CC(c2ccc(Br)s2)Oc2ccccc21. The van der Waals surface area contributed by atoms with E-state index in [1.807, 2.05) is 13.1 Å². The number of para-hydroxylation sites is 1. The van der Waals surface area contributed by atoms with Crippen LogP contribution in [0.2, 0.25) is 0 Å². The molecule has 0 saturated carbocycles. The minimum absolute atomic E-state index is 0.147. The van der Waals surface area contributed by atoms with E-state index in [2.05, 4.69) is 51.6 Å². The third kappa shape index (κ3) is 2.20. The predicted molar refractivity (Wildman–Crippen MR) is 78.2 cm³/mol. The molecule has 2 heterocycles. The summed E-state index contributed by atoms with van der Waals surface area (Å²) in [5, 5.41) is 3.38. The van der Waals surface area contributed by atoms with Crippen molar-refractivity contribution < 1.29 is 4.74 Å². The van der Waals surface area contributed by atoms with Gasteiger partial charge in [-0.3, -0.25) is 0 Å². The van der Waals surface area contributed by atoms with Gasteiger partial charge in [-0.05, 0) is 41.2 Å². The number of rotatable bonds is 2. The molecule has 4 heteroatoms. The van der Waals surface area contributed by atoms with E-state index in [1.165, 1.54) is 10.4 Å². The Hall–Kier alpha value is -0.840. The molecule has 0 aliphatic carbocycles. The normalized spacial score (nSPS) is 22.3. The fourth-order valence-corrected chi connectivity index (χ4v) is 3.83. The smallest absolute Gasteiger partial charge is 0.135 e. The number of hydrogen-bond donors (Lipinski definition) is 1. The lowest BCUT2D eigenvalue weighted by Gasteiger charge is -2.31. The van der Waals surface area contributed by atoms with Crippen molar-refractivity contribution in [1.82, 2.24) is 5.32 Å². The van der Waals surface area contributed by atoms with E-state index in [0.29, 0.717) is 6.04 Å². The fourth-order valence-electron chi connectivity index (χ4n) is 2.37. The second-order valence-electron chi connectivity index (χ2n) is 4.36. The van der Waals surface area contributed by atoms with E-state index in [9.17, 15) is 0 Å². The molecule has 1 aliphatic rings. The zero-order valence-electron chi connectivity index (χ0n) is 10.0. The van der Waals surface area contributed by atoms with E-state index >= 15 is 0 Å². The lowest BCUT2D eigenvalue weighted by molar-refractivity contribution is 0.157. The molecule has 0 bridgehead atoms. The summed E-state index contributed by atoms with van der Waals surface area (Å²) in [6.45, 7) is 0. The molecule has 1 aliphatic heterocycles. The van der Waals surface area contributed by atoms with E-state index in [1.54, 1.807) is 11.3 Å². The van der Waals surface area contributed by atoms with Gasteiger partial charge in [0.05, 0.1) is 3.79 Å². The van der Waals surface area contributed by atoms with Crippen LogP contribution < -0.4 is 10.1 Å². The highest BCUT2D eigenvalue weighted by atomic mass is 79.9. The summed E-state index contributed by atoms with van der Waals surface area (Å²) >= 11 is 5.26. The largest absolute Gasteiger partial charge is 0.484 e. The molecule has 94 valence electrons. The van der Waals surface area contributed by atoms with E-state index in [4.69, 9.17) is 4.74 Å². The van der Waals surface area contributed by atoms with Gasteiger partial charge in [-0.15, -0.1) is 11.3 Å². The topological polar surface area (TPSA) is 21.3 Å². The van der Waals surface area contributed by atoms with Crippen molar-refractivity contribution in [3.63, 3.8) is 0 Å². The zero-order valence-corrected chi connectivity index (χ0v) is 12.4. The summed E-state index contributed by atoms with van der Waals surface area (Å²) in [6, 6.07) is 12.9. The first kappa shape index (κ1) is 12.2. The highest BCUT2D eigenvalue weighted by molar-refractivity contribution is 9.11. The van der Waals surface area contributed by atoms with Crippen molar-refractivity contribution >= 4 is 27.3 Å². The van der Waals surface area contributed by atoms with Crippen molar-refractivity contribution in [2.24, 2.45) is 0 Å². The number of ether oxygens (including phenoxy) is 1. The standard InChI is InChI=1S/C14H14BrNOS/c1-16-10-8-12(13-6-7-14(15)18-13)17-11-5-3-2-4-9(10)11/h2-7,10,12,16H,8H2,1H3. The van der Waals surface area contributed by atoms with Crippen molar-refractivity contribution in [3.05, 3.63) is 50.6 Å². The van der Waals surface area contributed by atoms with Crippen LogP contribution in [0.3, 0.4) is 0 Å². The maximum atomic E-state index is 6.11. The van der Waals surface area contributed by atoms with Crippen LogP contribution in [0.4, 0.5) is 0 Å². The third-order valence-corrected chi connectivity index (χ3v) is 4.99. The van der Waals surface area contributed by atoms with Gasteiger partial charge in [0.15, 0.2) is 0 Å². The molecule has 18 heavy (non-hydrogen) atoms. The maximum Gasteiger partial charge on any atom is 0.135 e. The molecule has 1 aromatic carbocycles. The molecule has 1 N–H and O–H groups in total. The molecule has 0 fully saturated rings. The van der Waals surface area contributed by atoms with Gasteiger partial charge >= 0.3 is 0 Å². The quantitative estimate of drug-likeness (QED) is 0.889. The summed E-state index contributed by atoms with van der Waals surface area (Å²) in [6.07, 6.45) is 1.12. The van der Waals surface area contributed by atoms with Crippen LogP contribution in [0.5, 0.6) is 5.75 Å². The molecule has 3 rings (SSSR count). The van der Waals surface area contributed by atoms with Crippen molar-refractivity contribution in [2.75, 3.05) is 7.05 Å². The third-order valence-electron chi connectivity index (χ3n) is 3.27. The Morgan fingerprint density at radius 1 is 1.28 bits per heavy atom. The van der Waals surface area contributed by atoms with Gasteiger partial charge in [0.2, 0.25) is 0 Å². The monoisotopic (exact) mass is 323 g/mol. The highest BCUT2D eigenvalue weighted by Gasteiger charge is 2.28. The molecule has 0 radical (unpaired) electrons. The Kier molecular flexibility index (Phi) is 3.41. The van der Waals surface area contributed by atoms with Gasteiger partial charge in [-0.1, -0.05) is 18.2 Å². The minimum Gasteiger partial charge on any atom is -0.484 e. The molecule has 0 spiro atoms. The second-order valence-corrected chi connectivity index (χ2v) is 6.86. The summed E-state index contributed by atoms with van der Waals surface area (Å²) < 4.78 is 7.27. The lowest BCUT2D eigenvalue weighted by Crippen LogP contribution is -2.26. The van der Waals surface area contributed by atoms with Crippen molar-refractivity contribution in [1.29, 1.82) is 0 Å².